The normalized spacial score (nSPS) is 11.3. The van der Waals surface area contributed by atoms with E-state index in [0.29, 0.717) is 5.52 Å². The summed E-state index contributed by atoms with van der Waals surface area (Å²) in [6.45, 7) is -0.418. The van der Waals surface area contributed by atoms with Gasteiger partial charge in [0.15, 0.2) is 11.2 Å². The van der Waals surface area contributed by atoms with Crippen molar-refractivity contribution in [2.45, 2.75) is 6.54 Å². The molecule has 1 aromatic carbocycles. The van der Waals surface area contributed by atoms with Crippen LogP contribution in [0.25, 0.3) is 22.2 Å². The van der Waals surface area contributed by atoms with Gasteiger partial charge in [0, 0.05) is 14.1 Å². The molecule has 1 amide bonds. The van der Waals surface area contributed by atoms with Gasteiger partial charge in [-0.25, -0.2) is 24.0 Å². The summed E-state index contributed by atoms with van der Waals surface area (Å²) in [5, 5.41) is 0. The number of nitrogens with zero attached hydrogens (tertiary/aromatic N) is 6. The standard InChI is InChI=1S/C16H15N7O3/c1-20-8-18-14-13(20)15(25)22(16(26)21(14)2)7-12(24)19-23-9-17-10-5-3-4-6-11(10)23/h3-6,8-9H,7H2,1-2H3,(H,19,24). The van der Waals surface area contributed by atoms with Crippen LogP contribution in [0.1, 0.15) is 0 Å². The fourth-order valence-electron chi connectivity index (χ4n) is 2.90. The van der Waals surface area contributed by atoms with Crippen molar-refractivity contribution in [1.29, 1.82) is 0 Å². The number of para-hydroxylation sites is 2. The number of amides is 1. The van der Waals surface area contributed by atoms with Gasteiger partial charge < -0.3 is 4.57 Å². The maximum atomic E-state index is 12.6. The third-order valence-corrected chi connectivity index (χ3v) is 4.20. The average molecular weight is 353 g/mol. The lowest BCUT2D eigenvalue weighted by Gasteiger charge is -2.10. The molecule has 3 heterocycles. The van der Waals surface area contributed by atoms with E-state index in [1.165, 1.54) is 33.5 Å². The molecule has 4 rings (SSSR count). The van der Waals surface area contributed by atoms with E-state index < -0.39 is 23.7 Å². The van der Waals surface area contributed by atoms with E-state index in [1.54, 1.807) is 13.1 Å². The molecule has 0 atom stereocenters. The van der Waals surface area contributed by atoms with Gasteiger partial charge in [0.25, 0.3) is 11.5 Å². The number of carbonyl (C=O) groups is 1. The summed E-state index contributed by atoms with van der Waals surface area (Å²) in [6, 6.07) is 7.28. The number of imidazole rings is 2. The molecule has 0 bridgehead atoms. The van der Waals surface area contributed by atoms with E-state index in [4.69, 9.17) is 0 Å². The molecule has 1 N–H and O–H groups in total. The second kappa shape index (κ2) is 5.69. The fraction of sp³-hybridized carbons (Fsp3) is 0.188. The highest BCUT2D eigenvalue weighted by Crippen LogP contribution is 2.09. The van der Waals surface area contributed by atoms with Gasteiger partial charge in [-0.15, -0.1) is 0 Å². The summed E-state index contributed by atoms with van der Waals surface area (Å²) in [6.07, 6.45) is 2.92. The lowest BCUT2D eigenvalue weighted by molar-refractivity contribution is -0.117. The molecular weight excluding hydrogens is 338 g/mol. The molecule has 0 aliphatic carbocycles. The van der Waals surface area contributed by atoms with Crippen molar-refractivity contribution in [2.24, 2.45) is 14.1 Å². The summed E-state index contributed by atoms with van der Waals surface area (Å²) in [4.78, 5) is 45.7. The van der Waals surface area contributed by atoms with Crippen LogP contribution in [0.5, 0.6) is 0 Å². The molecule has 10 nitrogen and oxygen atoms in total. The predicted octanol–water partition coefficient (Wildman–Crippen LogP) is -0.446. The molecule has 0 aliphatic rings. The zero-order valence-electron chi connectivity index (χ0n) is 14.1. The van der Waals surface area contributed by atoms with Crippen LogP contribution in [-0.2, 0) is 25.4 Å². The molecule has 4 aromatic rings. The first-order valence-corrected chi connectivity index (χ1v) is 7.80. The third kappa shape index (κ3) is 2.31. The summed E-state index contributed by atoms with van der Waals surface area (Å²) < 4.78 is 5.11. The molecule has 10 heteroatoms. The lowest BCUT2D eigenvalue weighted by atomic mass is 10.3. The Morgan fingerprint density at radius 2 is 1.88 bits per heavy atom. The SMILES string of the molecule is Cn1cnc2c1c(=O)n(CC(=O)Nn1cnc3ccccc31)c(=O)n2C. The largest absolute Gasteiger partial charge is 0.332 e. The van der Waals surface area contributed by atoms with Crippen molar-refractivity contribution >= 4 is 28.1 Å². The Morgan fingerprint density at radius 3 is 2.69 bits per heavy atom. The van der Waals surface area contributed by atoms with E-state index in [-0.39, 0.29) is 11.2 Å². The second-order valence-electron chi connectivity index (χ2n) is 5.90. The number of hydrogen-bond donors (Lipinski definition) is 1. The molecule has 0 unspecified atom stereocenters. The average Bonchev–Trinajstić information content (AvgIpc) is 3.21. The minimum atomic E-state index is -0.605. The van der Waals surface area contributed by atoms with Crippen LogP contribution in [-0.4, -0.2) is 34.3 Å². The Bertz CT molecular complexity index is 1270. The van der Waals surface area contributed by atoms with Crippen LogP contribution in [0.3, 0.4) is 0 Å². The molecule has 0 aliphatic heterocycles. The number of benzene rings is 1. The zero-order valence-corrected chi connectivity index (χ0v) is 14.1. The minimum absolute atomic E-state index is 0.257. The van der Waals surface area contributed by atoms with E-state index in [2.05, 4.69) is 15.4 Å². The fourth-order valence-corrected chi connectivity index (χ4v) is 2.90. The van der Waals surface area contributed by atoms with Gasteiger partial charge in [0.2, 0.25) is 0 Å². The molecule has 0 fully saturated rings. The van der Waals surface area contributed by atoms with Crippen molar-refractivity contribution in [2.75, 3.05) is 5.43 Å². The third-order valence-electron chi connectivity index (χ3n) is 4.20. The van der Waals surface area contributed by atoms with Crippen molar-refractivity contribution in [1.82, 2.24) is 28.3 Å². The Morgan fingerprint density at radius 1 is 1.12 bits per heavy atom. The van der Waals surface area contributed by atoms with Crippen molar-refractivity contribution in [3.05, 3.63) is 57.8 Å². The first-order chi connectivity index (χ1) is 12.5. The molecule has 0 saturated heterocycles. The summed E-state index contributed by atoms with van der Waals surface area (Å²) >= 11 is 0. The molecule has 0 radical (unpaired) electrons. The highest BCUT2D eigenvalue weighted by Gasteiger charge is 2.17. The number of aryl methyl sites for hydroxylation is 2. The maximum absolute atomic E-state index is 12.6. The number of rotatable bonds is 3. The van der Waals surface area contributed by atoms with E-state index in [1.807, 2.05) is 18.2 Å². The quantitative estimate of drug-likeness (QED) is 0.537. The number of nitrogens with one attached hydrogen (secondary N) is 1. The number of carbonyl (C=O) groups excluding carboxylic acids is 1. The Kier molecular flexibility index (Phi) is 3.46. The van der Waals surface area contributed by atoms with Gasteiger partial charge in [-0.3, -0.25) is 19.6 Å². The first kappa shape index (κ1) is 15.8. The van der Waals surface area contributed by atoms with Gasteiger partial charge in [0.1, 0.15) is 12.9 Å². The van der Waals surface area contributed by atoms with E-state index in [9.17, 15) is 14.4 Å². The molecule has 3 aromatic heterocycles. The predicted molar refractivity (Wildman–Crippen MR) is 94.3 cm³/mol. The summed E-state index contributed by atoms with van der Waals surface area (Å²) in [5.41, 5.74) is 3.43. The van der Waals surface area contributed by atoms with Crippen molar-refractivity contribution in [3.8, 4) is 0 Å². The lowest BCUT2D eigenvalue weighted by Crippen LogP contribution is -2.43. The van der Waals surface area contributed by atoms with Crippen LogP contribution >= 0.6 is 0 Å². The van der Waals surface area contributed by atoms with Crippen molar-refractivity contribution in [3.63, 3.8) is 0 Å². The zero-order chi connectivity index (χ0) is 18.4. The molecule has 0 saturated carbocycles. The molecule has 0 spiro atoms. The topological polar surface area (TPSA) is 109 Å². The van der Waals surface area contributed by atoms with E-state index >= 15 is 0 Å². The van der Waals surface area contributed by atoms with Gasteiger partial charge >= 0.3 is 5.69 Å². The summed E-state index contributed by atoms with van der Waals surface area (Å²) in [5.74, 6) is -0.520. The number of hydrogen-bond acceptors (Lipinski definition) is 5. The van der Waals surface area contributed by atoms with Gasteiger partial charge in [0.05, 0.1) is 17.4 Å². The first-order valence-electron chi connectivity index (χ1n) is 7.80. The maximum Gasteiger partial charge on any atom is 0.332 e. The van der Waals surface area contributed by atoms with Crippen LogP contribution in [0.15, 0.2) is 46.5 Å². The Labute approximate surface area is 145 Å². The van der Waals surface area contributed by atoms with E-state index in [0.717, 1.165) is 10.1 Å². The summed E-state index contributed by atoms with van der Waals surface area (Å²) in [7, 11) is 3.16. The minimum Gasteiger partial charge on any atom is -0.328 e. The highest BCUT2D eigenvalue weighted by atomic mass is 16.2. The molecule has 26 heavy (non-hydrogen) atoms. The van der Waals surface area contributed by atoms with Gasteiger partial charge in [-0.2, -0.15) is 0 Å². The van der Waals surface area contributed by atoms with Gasteiger partial charge in [-0.05, 0) is 12.1 Å². The van der Waals surface area contributed by atoms with Crippen molar-refractivity contribution < 1.29 is 4.79 Å². The van der Waals surface area contributed by atoms with Crippen LogP contribution in [0.2, 0.25) is 0 Å². The second-order valence-corrected chi connectivity index (χ2v) is 5.90. The Hall–Kier alpha value is -3.69. The van der Waals surface area contributed by atoms with Crippen LogP contribution in [0.4, 0.5) is 0 Å². The van der Waals surface area contributed by atoms with Crippen LogP contribution in [0, 0.1) is 0 Å². The number of fused-ring (bicyclic) bond motifs is 2. The molecule has 132 valence electrons. The van der Waals surface area contributed by atoms with Gasteiger partial charge in [-0.1, -0.05) is 12.1 Å². The van der Waals surface area contributed by atoms with Crippen LogP contribution < -0.4 is 16.7 Å². The Balaban J connectivity index is 1.71. The molecular formula is C16H15N7O3. The highest BCUT2D eigenvalue weighted by molar-refractivity contribution is 5.86. The monoisotopic (exact) mass is 353 g/mol. The number of aromatic nitrogens is 6. The smallest absolute Gasteiger partial charge is 0.328 e.